The molecule has 0 radical (unpaired) electrons. The van der Waals surface area contributed by atoms with Crippen molar-refractivity contribution < 1.29 is 19.1 Å². The summed E-state index contributed by atoms with van der Waals surface area (Å²) < 4.78 is 10.2. The number of esters is 1. The van der Waals surface area contributed by atoms with Crippen LogP contribution in [0.4, 0.5) is 4.79 Å². The average Bonchev–Trinajstić information content (AvgIpc) is 2.62. The zero-order valence-corrected chi connectivity index (χ0v) is 13.6. The number of rotatable bonds is 7. The second-order valence-corrected chi connectivity index (χ2v) is 5.16. The monoisotopic (exact) mass is 327 g/mol. The van der Waals surface area contributed by atoms with E-state index in [-0.39, 0.29) is 19.1 Å². The van der Waals surface area contributed by atoms with Crippen molar-refractivity contribution in [1.29, 1.82) is 0 Å². The van der Waals surface area contributed by atoms with E-state index in [0.29, 0.717) is 6.61 Å². The molecule has 1 N–H and O–H groups in total. The highest BCUT2D eigenvalue weighted by atomic mass is 16.5. The van der Waals surface area contributed by atoms with Crippen molar-refractivity contribution >= 4 is 12.1 Å². The smallest absolute Gasteiger partial charge is 0.407 e. The van der Waals surface area contributed by atoms with Gasteiger partial charge in [0, 0.05) is 6.54 Å². The van der Waals surface area contributed by atoms with E-state index in [9.17, 15) is 9.59 Å². The summed E-state index contributed by atoms with van der Waals surface area (Å²) in [5, 5.41) is 2.63. The summed E-state index contributed by atoms with van der Waals surface area (Å²) in [4.78, 5) is 24.0. The highest BCUT2D eigenvalue weighted by Crippen LogP contribution is 2.16. The van der Waals surface area contributed by atoms with Gasteiger partial charge in [0.15, 0.2) is 0 Å². The van der Waals surface area contributed by atoms with Crippen molar-refractivity contribution in [3.05, 3.63) is 71.8 Å². The Hall–Kier alpha value is -2.82. The van der Waals surface area contributed by atoms with Crippen molar-refractivity contribution in [3.8, 4) is 0 Å². The summed E-state index contributed by atoms with van der Waals surface area (Å²) in [5.41, 5.74) is 1.69. The lowest BCUT2D eigenvalue weighted by atomic mass is 9.99. The van der Waals surface area contributed by atoms with Crippen LogP contribution in [-0.4, -0.2) is 25.2 Å². The van der Waals surface area contributed by atoms with Gasteiger partial charge in [-0.15, -0.1) is 0 Å². The molecule has 0 heterocycles. The van der Waals surface area contributed by atoms with Crippen LogP contribution in [0.15, 0.2) is 60.7 Å². The zero-order valence-electron chi connectivity index (χ0n) is 13.6. The Bertz CT molecular complexity index is 643. The molecule has 0 aliphatic carbocycles. The van der Waals surface area contributed by atoms with Gasteiger partial charge in [-0.2, -0.15) is 0 Å². The molecular weight excluding hydrogens is 306 g/mol. The summed E-state index contributed by atoms with van der Waals surface area (Å²) in [6, 6.07) is 18.6. The van der Waals surface area contributed by atoms with Crippen LogP contribution >= 0.6 is 0 Å². The van der Waals surface area contributed by atoms with Crippen LogP contribution in [0.25, 0.3) is 0 Å². The maximum atomic E-state index is 12.1. The largest absolute Gasteiger partial charge is 0.465 e. The number of benzene rings is 2. The molecule has 0 saturated carbocycles. The van der Waals surface area contributed by atoms with Gasteiger partial charge in [0.25, 0.3) is 0 Å². The van der Waals surface area contributed by atoms with E-state index in [1.54, 1.807) is 6.92 Å². The number of carbonyl (C=O) groups is 2. The molecule has 24 heavy (non-hydrogen) atoms. The van der Waals surface area contributed by atoms with Crippen LogP contribution in [0, 0.1) is 0 Å². The SMILES string of the molecule is CCOC(=O)C(CNC(=O)OCc1ccccc1)c1ccccc1. The molecule has 1 atom stereocenters. The van der Waals surface area contributed by atoms with E-state index >= 15 is 0 Å². The Labute approximate surface area is 141 Å². The third-order valence-corrected chi connectivity index (χ3v) is 3.44. The molecule has 2 aromatic rings. The number of alkyl carbamates (subject to hydrolysis) is 1. The Kier molecular flexibility index (Phi) is 6.83. The highest BCUT2D eigenvalue weighted by molar-refractivity contribution is 5.79. The van der Waals surface area contributed by atoms with E-state index in [1.807, 2.05) is 60.7 Å². The number of hydrogen-bond donors (Lipinski definition) is 1. The zero-order chi connectivity index (χ0) is 17.2. The molecule has 126 valence electrons. The van der Waals surface area contributed by atoms with Gasteiger partial charge in [-0.25, -0.2) is 4.79 Å². The van der Waals surface area contributed by atoms with Gasteiger partial charge in [0.1, 0.15) is 6.61 Å². The summed E-state index contributed by atoms with van der Waals surface area (Å²) in [6.45, 7) is 2.35. The molecule has 5 nitrogen and oxygen atoms in total. The first kappa shape index (κ1) is 17.5. The maximum absolute atomic E-state index is 12.1. The summed E-state index contributed by atoms with van der Waals surface area (Å²) in [6.07, 6.45) is -0.566. The number of carbonyl (C=O) groups excluding carboxylic acids is 2. The van der Waals surface area contributed by atoms with Crippen LogP contribution in [0.2, 0.25) is 0 Å². The first-order chi connectivity index (χ1) is 11.7. The first-order valence-electron chi connectivity index (χ1n) is 7.87. The van der Waals surface area contributed by atoms with Gasteiger partial charge in [0.05, 0.1) is 12.5 Å². The van der Waals surface area contributed by atoms with Crippen LogP contribution in [0.1, 0.15) is 24.0 Å². The van der Waals surface area contributed by atoms with Gasteiger partial charge in [-0.05, 0) is 18.1 Å². The fraction of sp³-hybridized carbons (Fsp3) is 0.263. The molecule has 2 rings (SSSR count). The minimum absolute atomic E-state index is 0.121. The Balaban J connectivity index is 1.90. The Morgan fingerprint density at radius 1 is 0.958 bits per heavy atom. The molecule has 0 aromatic heterocycles. The minimum atomic E-state index is -0.566. The van der Waals surface area contributed by atoms with Gasteiger partial charge >= 0.3 is 12.1 Å². The molecular formula is C19H21NO4. The fourth-order valence-corrected chi connectivity index (χ4v) is 2.23. The summed E-state index contributed by atoms with van der Waals surface area (Å²) >= 11 is 0. The van der Waals surface area contributed by atoms with Crippen molar-refractivity contribution in [1.82, 2.24) is 5.32 Å². The van der Waals surface area contributed by atoms with Crippen molar-refractivity contribution in [2.45, 2.75) is 19.4 Å². The predicted molar refractivity (Wildman–Crippen MR) is 90.4 cm³/mol. The standard InChI is InChI=1S/C19H21NO4/c1-2-23-18(21)17(16-11-7-4-8-12-16)13-20-19(22)24-14-15-9-5-3-6-10-15/h3-12,17H,2,13-14H2,1H3,(H,20,22). The predicted octanol–water partition coefficient (Wildman–Crippen LogP) is 3.26. The third-order valence-electron chi connectivity index (χ3n) is 3.44. The second-order valence-electron chi connectivity index (χ2n) is 5.16. The van der Waals surface area contributed by atoms with Crippen molar-refractivity contribution in [2.75, 3.05) is 13.2 Å². The lowest BCUT2D eigenvalue weighted by Crippen LogP contribution is -2.33. The van der Waals surface area contributed by atoms with Gasteiger partial charge in [-0.3, -0.25) is 4.79 Å². The molecule has 0 saturated heterocycles. The van der Waals surface area contributed by atoms with E-state index in [2.05, 4.69) is 5.32 Å². The third kappa shape index (κ3) is 5.43. The molecule has 0 aliphatic rings. The first-order valence-corrected chi connectivity index (χ1v) is 7.87. The second kappa shape index (κ2) is 9.35. The topological polar surface area (TPSA) is 64.6 Å². The number of ether oxygens (including phenoxy) is 2. The molecule has 5 heteroatoms. The molecule has 0 aliphatic heterocycles. The van der Waals surface area contributed by atoms with Crippen molar-refractivity contribution in [2.24, 2.45) is 0 Å². The van der Waals surface area contributed by atoms with E-state index in [4.69, 9.17) is 9.47 Å². The summed E-state index contributed by atoms with van der Waals surface area (Å²) in [5.74, 6) is -0.928. The fourth-order valence-electron chi connectivity index (χ4n) is 2.23. The van der Waals surface area contributed by atoms with Gasteiger partial charge in [0.2, 0.25) is 0 Å². The highest BCUT2D eigenvalue weighted by Gasteiger charge is 2.22. The summed E-state index contributed by atoms with van der Waals surface area (Å²) in [7, 11) is 0. The van der Waals surface area contributed by atoms with Crippen LogP contribution in [0.5, 0.6) is 0 Å². The molecule has 0 bridgehead atoms. The Morgan fingerprint density at radius 2 is 1.58 bits per heavy atom. The quantitative estimate of drug-likeness (QED) is 0.793. The van der Waals surface area contributed by atoms with Crippen molar-refractivity contribution in [3.63, 3.8) is 0 Å². The van der Waals surface area contributed by atoms with E-state index in [0.717, 1.165) is 11.1 Å². The molecule has 0 spiro atoms. The number of hydrogen-bond acceptors (Lipinski definition) is 4. The Morgan fingerprint density at radius 3 is 2.21 bits per heavy atom. The maximum Gasteiger partial charge on any atom is 0.407 e. The minimum Gasteiger partial charge on any atom is -0.465 e. The molecule has 0 fully saturated rings. The van der Waals surface area contributed by atoms with E-state index < -0.39 is 12.0 Å². The van der Waals surface area contributed by atoms with Crippen LogP contribution in [-0.2, 0) is 20.9 Å². The van der Waals surface area contributed by atoms with Gasteiger partial charge in [-0.1, -0.05) is 60.7 Å². The normalized spacial score (nSPS) is 11.4. The van der Waals surface area contributed by atoms with Gasteiger partial charge < -0.3 is 14.8 Å². The average molecular weight is 327 g/mol. The lowest BCUT2D eigenvalue weighted by Gasteiger charge is -2.16. The number of amides is 1. The van der Waals surface area contributed by atoms with Crippen LogP contribution in [0.3, 0.4) is 0 Å². The lowest BCUT2D eigenvalue weighted by molar-refractivity contribution is -0.144. The van der Waals surface area contributed by atoms with Crippen LogP contribution < -0.4 is 5.32 Å². The molecule has 2 aromatic carbocycles. The molecule has 1 amide bonds. The molecule has 1 unspecified atom stereocenters. The number of nitrogens with one attached hydrogen (secondary N) is 1. The van der Waals surface area contributed by atoms with E-state index in [1.165, 1.54) is 0 Å².